The van der Waals surface area contributed by atoms with Crippen LogP contribution < -0.4 is 0 Å². The van der Waals surface area contributed by atoms with Crippen molar-refractivity contribution in [2.75, 3.05) is 0 Å². The molecule has 0 spiro atoms. The van der Waals surface area contributed by atoms with E-state index in [1.165, 1.54) is 6.42 Å². The third kappa shape index (κ3) is 3.25. The summed E-state index contributed by atoms with van der Waals surface area (Å²) in [5.41, 5.74) is 1.29. The lowest BCUT2D eigenvalue weighted by atomic mass is 10.0. The van der Waals surface area contributed by atoms with Crippen LogP contribution in [0.4, 0.5) is 4.79 Å². The first-order valence-electron chi connectivity index (χ1n) is 3.61. The van der Waals surface area contributed by atoms with Crippen molar-refractivity contribution in [2.45, 2.75) is 34.1 Å². The Hall–Kier alpha value is -0.730. The first-order valence-corrected chi connectivity index (χ1v) is 3.61. The van der Waals surface area contributed by atoms with Crippen molar-refractivity contribution >= 4 is 6.16 Å². The highest BCUT2D eigenvalue weighted by molar-refractivity contribution is 5.53. The van der Waals surface area contributed by atoms with Gasteiger partial charge in [-0.2, -0.15) is 0 Å². The quantitative estimate of drug-likeness (QED) is 0.572. The zero-order valence-electron chi connectivity index (χ0n) is 7.51. The molecule has 1 fully saturated rings. The smallest absolute Gasteiger partial charge is 0.450 e. The van der Waals surface area contributed by atoms with Crippen LogP contribution in [0.25, 0.3) is 0 Å². The van der Waals surface area contributed by atoms with Crippen LogP contribution in [-0.2, 0) is 0 Å². The highest BCUT2D eigenvalue weighted by Gasteiger charge is 2.53. The average molecular weight is 160 g/mol. The number of carboxylic acid groups (broad SMARTS) is 2. The molecule has 0 radical (unpaired) electrons. The van der Waals surface area contributed by atoms with Gasteiger partial charge in [-0.3, -0.25) is 0 Å². The van der Waals surface area contributed by atoms with Crippen molar-refractivity contribution in [1.29, 1.82) is 0 Å². The van der Waals surface area contributed by atoms with Crippen LogP contribution in [0.3, 0.4) is 0 Å². The highest BCUT2D eigenvalue weighted by Crippen LogP contribution is 2.62. The molecular weight excluding hydrogens is 144 g/mol. The molecular formula is C8H16O3. The van der Waals surface area contributed by atoms with Crippen LogP contribution in [0.5, 0.6) is 0 Å². The van der Waals surface area contributed by atoms with E-state index in [-0.39, 0.29) is 0 Å². The maximum atomic E-state index is 8.56. The van der Waals surface area contributed by atoms with Gasteiger partial charge in [0.05, 0.1) is 0 Å². The maximum absolute atomic E-state index is 8.56. The summed E-state index contributed by atoms with van der Waals surface area (Å²) in [4.78, 5) is 8.56. The van der Waals surface area contributed by atoms with Gasteiger partial charge in [0.25, 0.3) is 0 Å². The first kappa shape index (κ1) is 10.3. The third-order valence-corrected chi connectivity index (χ3v) is 2.59. The number of rotatable bonds is 0. The Morgan fingerprint density at radius 1 is 1.09 bits per heavy atom. The molecule has 0 aliphatic heterocycles. The lowest BCUT2D eigenvalue weighted by molar-refractivity contribution is 0.137. The molecule has 3 heteroatoms. The van der Waals surface area contributed by atoms with Crippen molar-refractivity contribution in [3.63, 3.8) is 0 Å². The molecule has 3 nitrogen and oxygen atoms in total. The molecule has 0 heterocycles. The topological polar surface area (TPSA) is 57.5 Å². The van der Waals surface area contributed by atoms with Gasteiger partial charge in [0.15, 0.2) is 0 Å². The van der Waals surface area contributed by atoms with Gasteiger partial charge in [-0.1, -0.05) is 27.7 Å². The van der Waals surface area contributed by atoms with Crippen molar-refractivity contribution in [3.8, 4) is 0 Å². The summed E-state index contributed by atoms with van der Waals surface area (Å²) in [5.74, 6) is 0. The van der Waals surface area contributed by atoms with E-state index in [1.807, 2.05) is 0 Å². The largest absolute Gasteiger partial charge is 0.503 e. The molecule has 0 aromatic heterocycles. The van der Waals surface area contributed by atoms with Crippen LogP contribution >= 0.6 is 0 Å². The normalized spacial score (nSPS) is 22.9. The Bertz CT molecular complexity index is 143. The van der Waals surface area contributed by atoms with E-state index in [0.717, 1.165) is 0 Å². The molecule has 1 rings (SSSR count). The molecule has 11 heavy (non-hydrogen) atoms. The second kappa shape index (κ2) is 2.72. The van der Waals surface area contributed by atoms with Crippen LogP contribution in [0.1, 0.15) is 34.1 Å². The fourth-order valence-corrected chi connectivity index (χ4v) is 1.06. The Labute approximate surface area is 67.0 Å². The molecule has 0 atom stereocenters. The van der Waals surface area contributed by atoms with Gasteiger partial charge in [0.2, 0.25) is 0 Å². The van der Waals surface area contributed by atoms with E-state index in [2.05, 4.69) is 27.7 Å². The summed E-state index contributed by atoms with van der Waals surface area (Å²) >= 11 is 0. The van der Waals surface area contributed by atoms with Crippen LogP contribution in [0, 0.1) is 10.8 Å². The summed E-state index contributed by atoms with van der Waals surface area (Å²) < 4.78 is 0. The summed E-state index contributed by atoms with van der Waals surface area (Å²) in [5, 5.41) is 13.9. The van der Waals surface area contributed by atoms with Crippen molar-refractivity contribution in [3.05, 3.63) is 0 Å². The minimum Gasteiger partial charge on any atom is -0.450 e. The molecule has 0 amide bonds. The van der Waals surface area contributed by atoms with E-state index in [4.69, 9.17) is 15.0 Å². The maximum Gasteiger partial charge on any atom is 0.503 e. The lowest BCUT2D eigenvalue weighted by Gasteiger charge is -2.04. The van der Waals surface area contributed by atoms with E-state index in [9.17, 15) is 0 Å². The standard InChI is InChI=1S/C7H14.CH2O3/c1-6(2)5-7(6,3)4;2-1(3)4/h5H2,1-4H3;(H2,2,3,4). The Morgan fingerprint density at radius 2 is 1.18 bits per heavy atom. The molecule has 0 bridgehead atoms. The van der Waals surface area contributed by atoms with Crippen LogP contribution in [0.15, 0.2) is 0 Å². The summed E-state index contributed by atoms with van der Waals surface area (Å²) in [6, 6.07) is 0. The molecule has 0 unspecified atom stereocenters. The average Bonchev–Trinajstić information content (AvgIpc) is 1.98. The Balaban J connectivity index is 0.000000218. The van der Waals surface area contributed by atoms with Crippen molar-refractivity contribution < 1.29 is 15.0 Å². The molecule has 1 aliphatic carbocycles. The van der Waals surface area contributed by atoms with Gasteiger partial charge in [-0.15, -0.1) is 0 Å². The fourth-order valence-electron chi connectivity index (χ4n) is 1.06. The summed E-state index contributed by atoms with van der Waals surface area (Å²) in [7, 11) is 0. The van der Waals surface area contributed by atoms with Gasteiger partial charge in [0, 0.05) is 0 Å². The van der Waals surface area contributed by atoms with Crippen molar-refractivity contribution in [2.24, 2.45) is 10.8 Å². The predicted molar refractivity (Wildman–Crippen MR) is 42.8 cm³/mol. The fraction of sp³-hybridized carbons (Fsp3) is 0.875. The van der Waals surface area contributed by atoms with Crippen LogP contribution in [0.2, 0.25) is 0 Å². The minimum atomic E-state index is -1.83. The van der Waals surface area contributed by atoms with Gasteiger partial charge >= 0.3 is 6.16 Å². The van der Waals surface area contributed by atoms with Gasteiger partial charge in [0.1, 0.15) is 0 Å². The van der Waals surface area contributed by atoms with Crippen molar-refractivity contribution in [1.82, 2.24) is 0 Å². The van der Waals surface area contributed by atoms with E-state index in [1.54, 1.807) is 0 Å². The second-order valence-corrected chi connectivity index (χ2v) is 4.23. The number of hydrogen-bond donors (Lipinski definition) is 2. The second-order valence-electron chi connectivity index (χ2n) is 4.23. The minimum absolute atomic E-state index is 0.646. The zero-order chi connectivity index (χ0) is 9.28. The molecule has 0 saturated heterocycles. The molecule has 1 saturated carbocycles. The van der Waals surface area contributed by atoms with Gasteiger partial charge in [-0.05, 0) is 17.3 Å². The monoisotopic (exact) mass is 160 g/mol. The predicted octanol–water partition coefficient (Wildman–Crippen LogP) is 2.66. The van der Waals surface area contributed by atoms with Gasteiger partial charge < -0.3 is 10.2 Å². The Morgan fingerprint density at radius 3 is 1.18 bits per heavy atom. The molecule has 0 aromatic carbocycles. The number of hydrogen-bond acceptors (Lipinski definition) is 1. The lowest BCUT2D eigenvalue weighted by Crippen LogP contribution is -1.95. The van der Waals surface area contributed by atoms with Crippen LogP contribution in [-0.4, -0.2) is 16.4 Å². The SMILES string of the molecule is CC1(C)CC1(C)C.O=C(O)O. The summed E-state index contributed by atoms with van der Waals surface area (Å²) in [6.45, 7) is 9.31. The zero-order valence-corrected chi connectivity index (χ0v) is 7.51. The summed E-state index contributed by atoms with van der Waals surface area (Å²) in [6.07, 6.45) is -0.431. The van der Waals surface area contributed by atoms with E-state index >= 15 is 0 Å². The molecule has 0 aromatic rings. The Kier molecular flexibility index (Phi) is 2.54. The number of carbonyl (C=O) groups is 1. The molecule has 1 aliphatic rings. The first-order chi connectivity index (χ1) is 4.69. The third-order valence-electron chi connectivity index (χ3n) is 2.59. The molecule has 66 valence electrons. The van der Waals surface area contributed by atoms with E-state index in [0.29, 0.717) is 10.8 Å². The van der Waals surface area contributed by atoms with Gasteiger partial charge in [-0.25, -0.2) is 4.79 Å². The highest BCUT2D eigenvalue weighted by atomic mass is 16.6. The molecule has 2 N–H and O–H groups in total. The van der Waals surface area contributed by atoms with E-state index < -0.39 is 6.16 Å².